The number of nitrogens with one attached hydrogen (secondary N) is 1. The van der Waals surface area contributed by atoms with Gasteiger partial charge in [-0.2, -0.15) is 10.2 Å². The molecule has 1 aromatic rings. The summed E-state index contributed by atoms with van der Waals surface area (Å²) in [6.45, 7) is 2.41. The summed E-state index contributed by atoms with van der Waals surface area (Å²) in [5, 5.41) is 10.9. The lowest BCUT2D eigenvalue weighted by Crippen LogP contribution is -2.36. The molecule has 2 heterocycles. The highest BCUT2D eigenvalue weighted by Gasteiger charge is 2.39. The van der Waals surface area contributed by atoms with Gasteiger partial charge in [-0.25, -0.2) is 4.39 Å². The largest absolute Gasteiger partial charge is 0.378 e. The second-order valence-corrected chi connectivity index (χ2v) is 6.20. The number of rotatable bonds is 7. The molecular formula is C18H21FN4O2. The monoisotopic (exact) mass is 344 g/mol. The second-order valence-electron chi connectivity index (χ2n) is 6.20. The number of anilines is 2. The smallest absolute Gasteiger partial charge is 0.224 e. The number of carbonyl (C=O) groups excluding carboxylic acids is 1. The Morgan fingerprint density at radius 3 is 2.80 bits per heavy atom. The Morgan fingerprint density at radius 1 is 1.36 bits per heavy atom. The van der Waals surface area contributed by atoms with Gasteiger partial charge in [-0.3, -0.25) is 4.79 Å². The highest BCUT2D eigenvalue weighted by Crippen LogP contribution is 2.37. The number of carbonyl (C=O) groups is 1. The van der Waals surface area contributed by atoms with Crippen molar-refractivity contribution in [3.63, 3.8) is 0 Å². The molecule has 0 atom stereocenters. The summed E-state index contributed by atoms with van der Waals surface area (Å²) >= 11 is 0. The van der Waals surface area contributed by atoms with Crippen LogP contribution in [0.25, 0.3) is 0 Å². The first-order valence-corrected chi connectivity index (χ1v) is 8.41. The van der Waals surface area contributed by atoms with E-state index in [1.807, 2.05) is 4.90 Å². The van der Waals surface area contributed by atoms with E-state index in [1.165, 1.54) is 6.07 Å². The maximum atomic E-state index is 14.1. The Bertz CT molecular complexity index is 702. The Kier molecular flexibility index (Phi) is 5.29. The van der Waals surface area contributed by atoms with Gasteiger partial charge in [0.05, 0.1) is 18.9 Å². The van der Waals surface area contributed by atoms with E-state index in [2.05, 4.69) is 21.5 Å². The number of hydrogen-bond acceptors (Lipinski definition) is 5. The fraction of sp³-hybridized carbons (Fsp3) is 0.500. The highest BCUT2D eigenvalue weighted by molar-refractivity contribution is 5.91. The highest BCUT2D eigenvalue weighted by atomic mass is 19.1. The molecule has 3 rings (SSSR count). The Morgan fingerprint density at radius 2 is 2.12 bits per heavy atom. The number of nitrogens with zero attached hydrogens (tertiary/aromatic N) is 3. The van der Waals surface area contributed by atoms with E-state index in [4.69, 9.17) is 11.2 Å². The fourth-order valence-electron chi connectivity index (χ4n) is 2.84. The molecule has 0 bridgehead atoms. The molecule has 0 radical (unpaired) electrons. The molecule has 1 amide bonds. The van der Waals surface area contributed by atoms with Gasteiger partial charge < -0.3 is 15.0 Å². The van der Waals surface area contributed by atoms with E-state index >= 15 is 0 Å². The predicted molar refractivity (Wildman–Crippen MR) is 92.9 cm³/mol. The quantitative estimate of drug-likeness (QED) is 0.774. The number of ether oxygens (including phenoxy) is 1. The van der Waals surface area contributed by atoms with E-state index in [-0.39, 0.29) is 11.7 Å². The zero-order valence-corrected chi connectivity index (χ0v) is 14.0. The molecule has 0 aromatic heterocycles. The summed E-state index contributed by atoms with van der Waals surface area (Å²) < 4.78 is 19.4. The number of morpholine rings is 1. The van der Waals surface area contributed by atoms with Crippen molar-refractivity contribution in [2.75, 3.05) is 36.5 Å². The van der Waals surface area contributed by atoms with Crippen molar-refractivity contribution in [1.29, 1.82) is 0 Å². The van der Waals surface area contributed by atoms with Gasteiger partial charge in [0.1, 0.15) is 5.82 Å². The standard InChI is InChI=1S/C18H21FN4O2/c1-2-3-7-18(21-22-18)8-6-17(24)20-14-4-5-15(19)16(13-14)23-9-11-25-12-10-23/h1,4-5,13H,3,6-12H2,(H,20,24). The zero-order valence-electron chi connectivity index (χ0n) is 14.0. The average molecular weight is 344 g/mol. The Labute approximate surface area is 146 Å². The first-order valence-electron chi connectivity index (χ1n) is 8.41. The van der Waals surface area contributed by atoms with Crippen molar-refractivity contribution in [2.24, 2.45) is 10.2 Å². The van der Waals surface area contributed by atoms with Crippen LogP contribution in [-0.2, 0) is 9.53 Å². The van der Waals surface area contributed by atoms with Gasteiger partial charge in [0.25, 0.3) is 0 Å². The first kappa shape index (κ1) is 17.4. The third-order valence-electron chi connectivity index (χ3n) is 4.39. The van der Waals surface area contributed by atoms with Gasteiger partial charge >= 0.3 is 0 Å². The number of hydrogen-bond donors (Lipinski definition) is 1. The van der Waals surface area contributed by atoms with E-state index in [0.29, 0.717) is 63.4 Å². The molecular weight excluding hydrogens is 323 g/mol. The summed E-state index contributed by atoms with van der Waals surface area (Å²) in [6.07, 6.45) is 7.36. The Balaban J connectivity index is 1.55. The molecule has 2 aliphatic rings. The zero-order chi connectivity index (χ0) is 17.7. The van der Waals surface area contributed by atoms with Crippen LogP contribution in [0, 0.1) is 18.2 Å². The molecule has 7 heteroatoms. The van der Waals surface area contributed by atoms with Crippen LogP contribution in [0.4, 0.5) is 15.8 Å². The van der Waals surface area contributed by atoms with Gasteiger partial charge in [-0.15, -0.1) is 12.3 Å². The minimum absolute atomic E-state index is 0.142. The van der Waals surface area contributed by atoms with E-state index < -0.39 is 5.66 Å². The van der Waals surface area contributed by atoms with Crippen LogP contribution in [-0.4, -0.2) is 37.9 Å². The van der Waals surface area contributed by atoms with Crippen molar-refractivity contribution >= 4 is 17.3 Å². The van der Waals surface area contributed by atoms with Gasteiger partial charge in [0, 0.05) is 44.5 Å². The maximum absolute atomic E-state index is 14.1. The number of amides is 1. The van der Waals surface area contributed by atoms with Crippen molar-refractivity contribution in [2.45, 2.75) is 31.3 Å². The van der Waals surface area contributed by atoms with Crippen molar-refractivity contribution < 1.29 is 13.9 Å². The maximum Gasteiger partial charge on any atom is 0.224 e. The molecule has 25 heavy (non-hydrogen) atoms. The molecule has 1 N–H and O–H groups in total. The molecule has 1 aromatic carbocycles. The third-order valence-corrected chi connectivity index (χ3v) is 4.39. The lowest BCUT2D eigenvalue weighted by Gasteiger charge is -2.29. The van der Waals surface area contributed by atoms with Gasteiger partial charge in [0.2, 0.25) is 5.91 Å². The minimum Gasteiger partial charge on any atom is -0.378 e. The van der Waals surface area contributed by atoms with Crippen molar-refractivity contribution in [1.82, 2.24) is 0 Å². The number of halogens is 1. The van der Waals surface area contributed by atoms with Gasteiger partial charge in [-0.1, -0.05) is 0 Å². The fourth-order valence-corrected chi connectivity index (χ4v) is 2.84. The third kappa shape index (κ3) is 4.54. The lowest BCUT2D eigenvalue weighted by molar-refractivity contribution is -0.116. The minimum atomic E-state index is -0.467. The molecule has 1 fully saturated rings. The molecule has 0 aliphatic carbocycles. The van der Waals surface area contributed by atoms with Crippen LogP contribution in [0.15, 0.2) is 28.4 Å². The van der Waals surface area contributed by atoms with E-state index in [0.717, 1.165) is 0 Å². The summed E-state index contributed by atoms with van der Waals surface area (Å²) in [5.74, 6) is 2.12. The van der Waals surface area contributed by atoms with Crippen LogP contribution in [0.5, 0.6) is 0 Å². The molecule has 0 spiro atoms. The normalized spacial score (nSPS) is 17.8. The summed E-state index contributed by atoms with van der Waals surface area (Å²) in [6, 6.07) is 4.61. The molecule has 0 unspecified atom stereocenters. The molecule has 1 saturated heterocycles. The van der Waals surface area contributed by atoms with Gasteiger partial charge in [-0.05, 0) is 18.2 Å². The van der Waals surface area contributed by atoms with Crippen molar-refractivity contribution in [3.05, 3.63) is 24.0 Å². The van der Waals surface area contributed by atoms with Crippen LogP contribution < -0.4 is 10.2 Å². The van der Waals surface area contributed by atoms with Crippen LogP contribution in [0.1, 0.15) is 25.7 Å². The van der Waals surface area contributed by atoms with Crippen LogP contribution in [0.3, 0.4) is 0 Å². The molecule has 132 valence electrons. The number of terminal acetylenes is 1. The van der Waals surface area contributed by atoms with E-state index in [9.17, 15) is 9.18 Å². The second kappa shape index (κ2) is 7.62. The van der Waals surface area contributed by atoms with Gasteiger partial charge in [0.15, 0.2) is 5.66 Å². The summed E-state index contributed by atoms with van der Waals surface area (Å²) in [4.78, 5) is 14.1. The average Bonchev–Trinajstić information content (AvgIpc) is 3.41. The van der Waals surface area contributed by atoms with E-state index in [1.54, 1.807) is 12.1 Å². The summed E-state index contributed by atoms with van der Waals surface area (Å²) in [7, 11) is 0. The molecule has 6 nitrogen and oxygen atoms in total. The number of benzene rings is 1. The van der Waals surface area contributed by atoms with Crippen LogP contribution >= 0.6 is 0 Å². The Hall–Kier alpha value is -2.46. The van der Waals surface area contributed by atoms with Crippen LogP contribution in [0.2, 0.25) is 0 Å². The molecule has 2 aliphatic heterocycles. The first-order chi connectivity index (χ1) is 12.1. The molecule has 0 saturated carbocycles. The van der Waals surface area contributed by atoms with Crippen molar-refractivity contribution in [3.8, 4) is 12.3 Å². The topological polar surface area (TPSA) is 66.3 Å². The lowest BCUT2D eigenvalue weighted by atomic mass is 10.0. The summed E-state index contributed by atoms with van der Waals surface area (Å²) in [5.41, 5.74) is 0.597. The predicted octanol–water partition coefficient (Wildman–Crippen LogP) is 2.96. The SMILES string of the molecule is C#CCCC1(CCC(=O)Nc2ccc(F)c(N3CCOCC3)c2)N=N1.